The number of hydrogen-bond donors (Lipinski definition) is 1. The Morgan fingerprint density at radius 3 is 2.62 bits per heavy atom. The van der Waals surface area contributed by atoms with Crippen molar-refractivity contribution in [2.75, 3.05) is 13.1 Å². The number of hydrogen-bond acceptors (Lipinski definition) is 2. The van der Waals surface area contributed by atoms with Crippen molar-refractivity contribution in [1.29, 1.82) is 0 Å². The molecule has 0 radical (unpaired) electrons. The smallest absolute Gasteiger partial charge is 0.243 e. The van der Waals surface area contributed by atoms with Crippen LogP contribution in [0.3, 0.4) is 0 Å². The van der Waals surface area contributed by atoms with Crippen LogP contribution in [-0.2, 0) is 9.59 Å². The van der Waals surface area contributed by atoms with Crippen molar-refractivity contribution in [1.82, 2.24) is 10.2 Å². The van der Waals surface area contributed by atoms with Crippen LogP contribution in [0.15, 0.2) is 0 Å². The third-order valence-corrected chi connectivity index (χ3v) is 3.35. The SMILES string of the molecule is CC(C)CCN1C(=O)CNC(=O)C1C1CC1. The molecule has 0 aromatic carbocycles. The zero-order valence-corrected chi connectivity index (χ0v) is 10.0. The van der Waals surface area contributed by atoms with Crippen LogP contribution in [0.2, 0.25) is 0 Å². The lowest BCUT2D eigenvalue weighted by Gasteiger charge is -2.35. The predicted octanol–water partition coefficient (Wildman–Crippen LogP) is 0.769. The first-order valence-electron chi connectivity index (χ1n) is 6.16. The van der Waals surface area contributed by atoms with Gasteiger partial charge in [-0.15, -0.1) is 0 Å². The molecule has 4 nitrogen and oxygen atoms in total. The van der Waals surface area contributed by atoms with Crippen molar-refractivity contribution in [2.24, 2.45) is 11.8 Å². The molecule has 0 aromatic heterocycles. The Morgan fingerprint density at radius 1 is 1.38 bits per heavy atom. The van der Waals surface area contributed by atoms with Crippen molar-refractivity contribution in [2.45, 2.75) is 39.2 Å². The van der Waals surface area contributed by atoms with E-state index in [-0.39, 0.29) is 24.4 Å². The molecule has 1 heterocycles. The van der Waals surface area contributed by atoms with Gasteiger partial charge in [-0.2, -0.15) is 0 Å². The summed E-state index contributed by atoms with van der Waals surface area (Å²) in [6.45, 7) is 5.19. The molecule has 2 fully saturated rings. The van der Waals surface area contributed by atoms with Gasteiger partial charge >= 0.3 is 0 Å². The molecule has 2 rings (SSSR count). The van der Waals surface area contributed by atoms with Crippen LogP contribution in [0.5, 0.6) is 0 Å². The average molecular weight is 224 g/mol. The van der Waals surface area contributed by atoms with Gasteiger partial charge in [0, 0.05) is 6.54 Å². The van der Waals surface area contributed by atoms with Crippen LogP contribution >= 0.6 is 0 Å². The minimum atomic E-state index is -0.181. The molecule has 1 aliphatic carbocycles. The lowest BCUT2D eigenvalue weighted by atomic mass is 10.0. The zero-order chi connectivity index (χ0) is 11.7. The number of carbonyl (C=O) groups is 2. The summed E-state index contributed by atoms with van der Waals surface area (Å²) >= 11 is 0. The van der Waals surface area contributed by atoms with E-state index in [2.05, 4.69) is 19.2 Å². The van der Waals surface area contributed by atoms with E-state index in [0.717, 1.165) is 25.8 Å². The highest BCUT2D eigenvalue weighted by Crippen LogP contribution is 2.36. The zero-order valence-electron chi connectivity index (χ0n) is 10.0. The molecule has 0 aromatic rings. The number of piperazine rings is 1. The number of nitrogens with zero attached hydrogens (tertiary/aromatic N) is 1. The monoisotopic (exact) mass is 224 g/mol. The van der Waals surface area contributed by atoms with Crippen LogP contribution in [0.1, 0.15) is 33.1 Å². The van der Waals surface area contributed by atoms with E-state index in [1.165, 1.54) is 0 Å². The van der Waals surface area contributed by atoms with Gasteiger partial charge in [0.1, 0.15) is 6.04 Å². The summed E-state index contributed by atoms with van der Waals surface area (Å²) in [5, 5.41) is 2.69. The molecule has 1 aliphatic heterocycles. The topological polar surface area (TPSA) is 49.4 Å². The van der Waals surface area contributed by atoms with Crippen LogP contribution < -0.4 is 5.32 Å². The summed E-state index contributed by atoms with van der Waals surface area (Å²) in [6.07, 6.45) is 3.15. The van der Waals surface area contributed by atoms with Gasteiger partial charge in [-0.1, -0.05) is 13.8 Å². The second-order valence-corrected chi connectivity index (χ2v) is 5.27. The fraction of sp³-hybridized carbons (Fsp3) is 0.833. The van der Waals surface area contributed by atoms with Gasteiger partial charge in [0.05, 0.1) is 6.54 Å². The highest BCUT2D eigenvalue weighted by atomic mass is 16.2. The van der Waals surface area contributed by atoms with Gasteiger partial charge in [-0.3, -0.25) is 9.59 Å². The Kier molecular flexibility index (Phi) is 3.17. The molecule has 2 aliphatic rings. The summed E-state index contributed by atoms with van der Waals surface area (Å²) in [6, 6.07) is -0.181. The molecular formula is C12H20N2O2. The van der Waals surface area contributed by atoms with E-state index in [9.17, 15) is 9.59 Å². The number of carbonyl (C=O) groups excluding carboxylic acids is 2. The van der Waals surface area contributed by atoms with Gasteiger partial charge < -0.3 is 10.2 Å². The Hall–Kier alpha value is -1.06. The second kappa shape index (κ2) is 4.44. The van der Waals surface area contributed by atoms with Crippen LogP contribution in [-0.4, -0.2) is 35.8 Å². The summed E-state index contributed by atoms with van der Waals surface area (Å²) in [4.78, 5) is 25.4. The Morgan fingerprint density at radius 2 is 2.06 bits per heavy atom. The molecule has 2 amide bonds. The largest absolute Gasteiger partial charge is 0.345 e. The number of nitrogens with one attached hydrogen (secondary N) is 1. The summed E-state index contributed by atoms with van der Waals surface area (Å²) in [5.41, 5.74) is 0. The molecule has 1 saturated heterocycles. The van der Waals surface area contributed by atoms with E-state index in [4.69, 9.17) is 0 Å². The van der Waals surface area contributed by atoms with Crippen molar-refractivity contribution in [3.05, 3.63) is 0 Å². The van der Waals surface area contributed by atoms with Gasteiger partial charge in [-0.05, 0) is 31.1 Å². The minimum absolute atomic E-state index is 0.0471. The normalized spacial score (nSPS) is 26.2. The van der Waals surface area contributed by atoms with E-state index < -0.39 is 0 Å². The molecule has 16 heavy (non-hydrogen) atoms. The average Bonchev–Trinajstić information content (AvgIpc) is 3.02. The maximum atomic E-state index is 11.8. The number of amides is 2. The summed E-state index contributed by atoms with van der Waals surface area (Å²) in [7, 11) is 0. The van der Waals surface area contributed by atoms with Gasteiger partial charge in [-0.25, -0.2) is 0 Å². The van der Waals surface area contributed by atoms with E-state index in [1.54, 1.807) is 4.90 Å². The van der Waals surface area contributed by atoms with Crippen LogP contribution in [0, 0.1) is 11.8 Å². The molecule has 0 bridgehead atoms. The van der Waals surface area contributed by atoms with Crippen LogP contribution in [0.4, 0.5) is 0 Å². The van der Waals surface area contributed by atoms with Crippen molar-refractivity contribution >= 4 is 11.8 Å². The first kappa shape index (κ1) is 11.4. The highest BCUT2D eigenvalue weighted by Gasteiger charge is 2.44. The fourth-order valence-corrected chi connectivity index (χ4v) is 2.21. The Labute approximate surface area is 96.4 Å². The third-order valence-electron chi connectivity index (χ3n) is 3.35. The molecule has 0 spiro atoms. The maximum absolute atomic E-state index is 11.8. The first-order chi connectivity index (χ1) is 7.59. The highest BCUT2D eigenvalue weighted by molar-refractivity contribution is 5.95. The van der Waals surface area contributed by atoms with Gasteiger partial charge in [0.25, 0.3) is 0 Å². The quantitative estimate of drug-likeness (QED) is 0.766. The lowest BCUT2D eigenvalue weighted by Crippen LogP contribution is -2.59. The Balaban J connectivity index is 2.03. The van der Waals surface area contributed by atoms with Crippen molar-refractivity contribution in [3.63, 3.8) is 0 Å². The van der Waals surface area contributed by atoms with Gasteiger partial charge in [0.15, 0.2) is 0 Å². The molecular weight excluding hydrogens is 204 g/mol. The third kappa shape index (κ3) is 2.36. The fourth-order valence-electron chi connectivity index (χ4n) is 2.21. The van der Waals surface area contributed by atoms with E-state index in [0.29, 0.717) is 11.8 Å². The molecule has 1 unspecified atom stereocenters. The van der Waals surface area contributed by atoms with E-state index >= 15 is 0 Å². The molecule has 4 heteroatoms. The maximum Gasteiger partial charge on any atom is 0.243 e. The summed E-state index contributed by atoms with van der Waals surface area (Å²) in [5.74, 6) is 1.11. The molecule has 90 valence electrons. The first-order valence-corrected chi connectivity index (χ1v) is 6.16. The molecule has 1 atom stereocenters. The van der Waals surface area contributed by atoms with Crippen molar-refractivity contribution < 1.29 is 9.59 Å². The number of rotatable bonds is 4. The Bertz CT molecular complexity index is 297. The second-order valence-electron chi connectivity index (χ2n) is 5.27. The minimum Gasteiger partial charge on any atom is -0.345 e. The van der Waals surface area contributed by atoms with E-state index in [1.807, 2.05) is 0 Å². The van der Waals surface area contributed by atoms with Gasteiger partial charge in [0.2, 0.25) is 11.8 Å². The molecule has 1 saturated carbocycles. The standard InChI is InChI=1S/C12H20N2O2/c1-8(2)5-6-14-10(15)7-13-12(16)11(14)9-3-4-9/h8-9,11H,3-7H2,1-2H3,(H,13,16). The predicted molar refractivity (Wildman–Crippen MR) is 60.7 cm³/mol. The summed E-state index contributed by atoms with van der Waals surface area (Å²) < 4.78 is 0. The molecule has 1 N–H and O–H groups in total. The van der Waals surface area contributed by atoms with Crippen molar-refractivity contribution in [3.8, 4) is 0 Å². The van der Waals surface area contributed by atoms with Crippen LogP contribution in [0.25, 0.3) is 0 Å². The lowest BCUT2D eigenvalue weighted by molar-refractivity contribution is -0.146.